The standard InChI is InChI=1S/C15H23BO5/c1-8-9(2)11(14(17)21-15(4,5)6)13(20-7)12(10(8)3)16(18)19/h18-19H,1-7H3. The van der Waals surface area contributed by atoms with Gasteiger partial charge in [-0.1, -0.05) is 0 Å². The van der Waals surface area contributed by atoms with E-state index < -0.39 is 18.7 Å². The highest BCUT2D eigenvalue weighted by Crippen LogP contribution is 2.28. The molecule has 0 aliphatic carbocycles. The first-order valence-corrected chi connectivity index (χ1v) is 6.78. The van der Waals surface area contributed by atoms with Gasteiger partial charge in [0.1, 0.15) is 16.9 Å². The molecule has 0 aliphatic heterocycles. The van der Waals surface area contributed by atoms with E-state index in [9.17, 15) is 14.8 Å². The molecule has 0 amide bonds. The van der Waals surface area contributed by atoms with E-state index in [1.807, 2.05) is 6.92 Å². The fourth-order valence-corrected chi connectivity index (χ4v) is 2.24. The van der Waals surface area contributed by atoms with Crippen LogP contribution >= 0.6 is 0 Å². The van der Waals surface area contributed by atoms with Crippen LogP contribution in [0.1, 0.15) is 47.8 Å². The van der Waals surface area contributed by atoms with Gasteiger partial charge in [0.15, 0.2) is 0 Å². The van der Waals surface area contributed by atoms with Crippen molar-refractivity contribution in [2.75, 3.05) is 7.11 Å². The maximum absolute atomic E-state index is 12.4. The Bertz CT molecular complexity index is 558. The van der Waals surface area contributed by atoms with Gasteiger partial charge in [-0.3, -0.25) is 0 Å². The molecule has 0 aliphatic rings. The summed E-state index contributed by atoms with van der Waals surface area (Å²) in [6.07, 6.45) is 0. The molecule has 0 bridgehead atoms. The molecule has 21 heavy (non-hydrogen) atoms. The Hall–Kier alpha value is -1.53. The molecule has 0 radical (unpaired) electrons. The summed E-state index contributed by atoms with van der Waals surface area (Å²) >= 11 is 0. The van der Waals surface area contributed by atoms with E-state index in [1.54, 1.807) is 34.6 Å². The lowest BCUT2D eigenvalue weighted by Gasteiger charge is -2.24. The lowest BCUT2D eigenvalue weighted by atomic mass is 9.73. The minimum absolute atomic E-state index is 0.153. The zero-order chi connectivity index (χ0) is 16.5. The van der Waals surface area contributed by atoms with Gasteiger partial charge < -0.3 is 19.5 Å². The van der Waals surface area contributed by atoms with Gasteiger partial charge in [-0.05, 0) is 58.2 Å². The van der Waals surface area contributed by atoms with Crippen LogP contribution in [0.25, 0.3) is 0 Å². The Labute approximate surface area is 126 Å². The normalized spacial score (nSPS) is 11.3. The van der Waals surface area contributed by atoms with Gasteiger partial charge in [0.05, 0.1) is 7.11 Å². The predicted molar refractivity (Wildman–Crippen MR) is 82.2 cm³/mol. The van der Waals surface area contributed by atoms with Crippen LogP contribution in [-0.4, -0.2) is 35.8 Å². The fourth-order valence-electron chi connectivity index (χ4n) is 2.24. The van der Waals surface area contributed by atoms with Crippen LogP contribution in [0, 0.1) is 20.8 Å². The monoisotopic (exact) mass is 294 g/mol. The molecule has 5 nitrogen and oxygen atoms in total. The zero-order valence-electron chi connectivity index (χ0n) is 13.7. The van der Waals surface area contributed by atoms with E-state index in [2.05, 4.69) is 0 Å². The van der Waals surface area contributed by atoms with Crippen molar-refractivity contribution < 1.29 is 24.3 Å². The first-order chi connectivity index (χ1) is 9.51. The molecule has 1 aromatic rings. The van der Waals surface area contributed by atoms with Crippen LogP contribution in [0.3, 0.4) is 0 Å². The SMILES string of the molecule is COc1c(B(O)O)c(C)c(C)c(C)c1C(=O)OC(C)(C)C. The summed E-state index contributed by atoms with van der Waals surface area (Å²) < 4.78 is 10.7. The second-order valence-electron chi connectivity index (χ2n) is 6.07. The third-order valence-electron chi connectivity index (χ3n) is 3.44. The van der Waals surface area contributed by atoms with Crippen molar-refractivity contribution in [1.82, 2.24) is 0 Å². The molecule has 1 aromatic carbocycles. The molecule has 2 N–H and O–H groups in total. The Morgan fingerprint density at radius 1 is 1.05 bits per heavy atom. The highest BCUT2D eigenvalue weighted by molar-refractivity contribution is 6.60. The van der Waals surface area contributed by atoms with Crippen LogP contribution in [0.2, 0.25) is 0 Å². The van der Waals surface area contributed by atoms with Crippen molar-refractivity contribution in [1.29, 1.82) is 0 Å². The van der Waals surface area contributed by atoms with Crippen LogP contribution in [0.5, 0.6) is 5.75 Å². The maximum Gasteiger partial charge on any atom is 0.492 e. The van der Waals surface area contributed by atoms with Gasteiger partial charge >= 0.3 is 13.1 Å². The van der Waals surface area contributed by atoms with E-state index in [-0.39, 0.29) is 16.8 Å². The van der Waals surface area contributed by atoms with Gasteiger partial charge in [0, 0.05) is 5.46 Å². The molecule has 1 rings (SSSR count). The topological polar surface area (TPSA) is 76.0 Å². The number of ether oxygens (including phenoxy) is 2. The number of carbonyl (C=O) groups is 1. The van der Waals surface area contributed by atoms with Gasteiger partial charge in [-0.15, -0.1) is 0 Å². The van der Waals surface area contributed by atoms with E-state index in [1.165, 1.54) is 7.11 Å². The molecule has 0 heterocycles. The molecular weight excluding hydrogens is 271 g/mol. The first-order valence-electron chi connectivity index (χ1n) is 6.78. The molecule has 0 atom stereocenters. The van der Waals surface area contributed by atoms with Gasteiger partial charge in [-0.25, -0.2) is 4.79 Å². The second-order valence-corrected chi connectivity index (χ2v) is 6.07. The van der Waals surface area contributed by atoms with Crippen molar-refractivity contribution >= 4 is 18.6 Å². The molecule has 0 spiro atoms. The molecule has 0 saturated carbocycles. The summed E-state index contributed by atoms with van der Waals surface area (Å²) in [5.74, 6) is -0.387. The highest BCUT2D eigenvalue weighted by atomic mass is 16.6. The number of hydrogen-bond acceptors (Lipinski definition) is 5. The summed E-state index contributed by atoms with van der Waals surface area (Å²) in [5.41, 5.74) is 1.99. The Kier molecular flexibility index (Phi) is 5.07. The predicted octanol–water partition coefficient (Wildman–Crippen LogP) is 1.26. The smallest absolute Gasteiger partial charge is 0.492 e. The lowest BCUT2D eigenvalue weighted by molar-refractivity contribution is 0.00658. The maximum atomic E-state index is 12.4. The summed E-state index contributed by atoms with van der Waals surface area (Å²) in [5, 5.41) is 19.2. The summed E-state index contributed by atoms with van der Waals surface area (Å²) in [6.45, 7) is 10.7. The number of hydrogen-bond donors (Lipinski definition) is 2. The van der Waals surface area contributed by atoms with Crippen molar-refractivity contribution in [3.8, 4) is 5.75 Å². The molecule has 0 fully saturated rings. The largest absolute Gasteiger partial charge is 0.496 e. The minimum atomic E-state index is -1.72. The Balaban J connectivity index is 3.61. The quantitative estimate of drug-likeness (QED) is 0.648. The summed E-state index contributed by atoms with van der Waals surface area (Å²) in [4.78, 5) is 12.4. The van der Waals surface area contributed by atoms with Crippen molar-refractivity contribution in [3.05, 3.63) is 22.3 Å². The van der Waals surface area contributed by atoms with Crippen molar-refractivity contribution in [2.45, 2.75) is 47.1 Å². The Morgan fingerprint density at radius 2 is 1.57 bits per heavy atom. The second kappa shape index (κ2) is 6.07. The molecule has 0 aromatic heterocycles. The summed E-state index contributed by atoms with van der Waals surface area (Å²) in [6, 6.07) is 0. The third-order valence-corrected chi connectivity index (χ3v) is 3.44. The van der Waals surface area contributed by atoms with E-state index in [0.29, 0.717) is 11.1 Å². The van der Waals surface area contributed by atoms with Gasteiger partial charge in [-0.2, -0.15) is 0 Å². The zero-order valence-corrected chi connectivity index (χ0v) is 13.7. The van der Waals surface area contributed by atoms with Crippen LogP contribution in [-0.2, 0) is 4.74 Å². The molecule has 0 saturated heterocycles. The van der Waals surface area contributed by atoms with Gasteiger partial charge in [0.2, 0.25) is 0 Å². The van der Waals surface area contributed by atoms with Crippen molar-refractivity contribution in [3.63, 3.8) is 0 Å². The lowest BCUT2D eigenvalue weighted by Crippen LogP contribution is -2.36. The van der Waals surface area contributed by atoms with Crippen LogP contribution in [0.15, 0.2) is 0 Å². The van der Waals surface area contributed by atoms with Crippen molar-refractivity contribution in [2.24, 2.45) is 0 Å². The average Bonchev–Trinajstić information content (AvgIpc) is 2.32. The highest BCUT2D eigenvalue weighted by Gasteiger charge is 2.31. The molecule has 6 heteroatoms. The van der Waals surface area contributed by atoms with Crippen LogP contribution < -0.4 is 10.2 Å². The minimum Gasteiger partial charge on any atom is -0.496 e. The molecule has 0 unspecified atom stereocenters. The number of carbonyl (C=O) groups excluding carboxylic acids is 1. The van der Waals surface area contributed by atoms with Crippen LogP contribution in [0.4, 0.5) is 0 Å². The first kappa shape index (κ1) is 17.5. The Morgan fingerprint density at radius 3 is 1.95 bits per heavy atom. The number of methoxy groups -OCH3 is 1. The molecular formula is C15H23BO5. The van der Waals surface area contributed by atoms with Gasteiger partial charge in [0.25, 0.3) is 0 Å². The van der Waals surface area contributed by atoms with E-state index in [0.717, 1.165) is 5.56 Å². The fraction of sp³-hybridized carbons (Fsp3) is 0.533. The van der Waals surface area contributed by atoms with E-state index >= 15 is 0 Å². The number of benzene rings is 1. The number of esters is 1. The molecule has 116 valence electrons. The average molecular weight is 294 g/mol. The number of rotatable bonds is 3. The summed E-state index contributed by atoms with van der Waals surface area (Å²) in [7, 11) is -0.330. The van der Waals surface area contributed by atoms with E-state index in [4.69, 9.17) is 9.47 Å². The third kappa shape index (κ3) is 3.57.